The van der Waals surface area contributed by atoms with Crippen molar-refractivity contribution in [2.24, 2.45) is 7.05 Å². The highest BCUT2D eigenvalue weighted by atomic mass is 32.2. The molecule has 0 spiro atoms. The van der Waals surface area contributed by atoms with E-state index in [2.05, 4.69) is 9.82 Å². The van der Waals surface area contributed by atoms with Crippen LogP contribution in [0, 0.1) is 6.92 Å². The van der Waals surface area contributed by atoms with Gasteiger partial charge in [-0.15, -0.1) is 0 Å². The molecule has 0 bridgehead atoms. The Hall–Kier alpha value is -0.920. The molecule has 17 heavy (non-hydrogen) atoms. The minimum absolute atomic E-state index is 0.254. The molecule has 0 aliphatic carbocycles. The molecule has 7 heteroatoms. The first-order chi connectivity index (χ1) is 7.84. The second-order valence-electron chi connectivity index (χ2n) is 4.27. The third-order valence-corrected chi connectivity index (χ3v) is 4.12. The summed E-state index contributed by atoms with van der Waals surface area (Å²) in [6.45, 7) is 3.03. The first-order valence-electron chi connectivity index (χ1n) is 5.47. The van der Waals surface area contributed by atoms with E-state index >= 15 is 0 Å². The standard InChI is InChI=1S/C10H20N4O2S/c1-9-10(8-11-14(9)4)17(15,16)12-6-5-7-13(2)3/h8,12H,5-7H2,1-4H3. The van der Waals surface area contributed by atoms with Gasteiger partial charge in [0.25, 0.3) is 0 Å². The van der Waals surface area contributed by atoms with Gasteiger partial charge in [0.15, 0.2) is 0 Å². The molecule has 0 aromatic carbocycles. The van der Waals surface area contributed by atoms with E-state index in [-0.39, 0.29) is 4.90 Å². The van der Waals surface area contributed by atoms with Crippen LogP contribution in [-0.4, -0.2) is 50.3 Å². The normalized spacial score (nSPS) is 12.3. The Kier molecular flexibility index (Phi) is 4.67. The predicted octanol–water partition coefficient (Wildman–Crippen LogP) is -0.0415. The Balaban J connectivity index is 2.61. The van der Waals surface area contributed by atoms with E-state index in [1.165, 1.54) is 6.20 Å². The van der Waals surface area contributed by atoms with E-state index in [4.69, 9.17) is 0 Å². The van der Waals surface area contributed by atoms with Gasteiger partial charge in [0.1, 0.15) is 4.90 Å². The fraction of sp³-hybridized carbons (Fsp3) is 0.700. The Morgan fingerprint density at radius 2 is 2.12 bits per heavy atom. The monoisotopic (exact) mass is 260 g/mol. The lowest BCUT2D eigenvalue weighted by molar-refractivity contribution is 0.400. The van der Waals surface area contributed by atoms with Gasteiger partial charge in [0, 0.05) is 13.6 Å². The summed E-state index contributed by atoms with van der Waals surface area (Å²) in [5, 5.41) is 3.93. The maximum Gasteiger partial charge on any atom is 0.243 e. The number of aryl methyl sites for hydroxylation is 1. The summed E-state index contributed by atoms with van der Waals surface area (Å²) in [7, 11) is 2.22. The summed E-state index contributed by atoms with van der Waals surface area (Å²) in [6, 6.07) is 0. The van der Waals surface area contributed by atoms with E-state index < -0.39 is 10.0 Å². The number of sulfonamides is 1. The number of hydrogen-bond donors (Lipinski definition) is 1. The summed E-state index contributed by atoms with van der Waals surface area (Å²) < 4.78 is 28.0. The van der Waals surface area contributed by atoms with E-state index in [1.807, 2.05) is 19.0 Å². The molecule has 1 heterocycles. The number of nitrogens with one attached hydrogen (secondary N) is 1. The molecule has 0 radical (unpaired) electrons. The van der Waals surface area contributed by atoms with Gasteiger partial charge in [-0.25, -0.2) is 13.1 Å². The van der Waals surface area contributed by atoms with Crippen LogP contribution < -0.4 is 4.72 Å². The van der Waals surface area contributed by atoms with Crippen LogP contribution in [0.25, 0.3) is 0 Å². The van der Waals surface area contributed by atoms with Gasteiger partial charge >= 0.3 is 0 Å². The summed E-state index contributed by atoms with van der Waals surface area (Å²) in [5.74, 6) is 0. The van der Waals surface area contributed by atoms with Crippen LogP contribution in [0.1, 0.15) is 12.1 Å². The number of aromatic nitrogens is 2. The molecule has 0 aliphatic heterocycles. The Morgan fingerprint density at radius 1 is 1.47 bits per heavy atom. The van der Waals surface area contributed by atoms with Gasteiger partial charge in [-0.2, -0.15) is 5.10 Å². The minimum Gasteiger partial charge on any atom is -0.309 e. The molecule has 6 nitrogen and oxygen atoms in total. The predicted molar refractivity (Wildman–Crippen MR) is 66.3 cm³/mol. The van der Waals surface area contributed by atoms with Crippen molar-refractivity contribution in [1.29, 1.82) is 0 Å². The van der Waals surface area contributed by atoms with Crippen LogP contribution in [0.2, 0.25) is 0 Å². The lowest BCUT2D eigenvalue weighted by atomic mass is 10.4. The Morgan fingerprint density at radius 3 is 2.59 bits per heavy atom. The van der Waals surface area contributed by atoms with Crippen molar-refractivity contribution in [3.05, 3.63) is 11.9 Å². The van der Waals surface area contributed by atoms with Gasteiger partial charge in [-0.1, -0.05) is 0 Å². The van der Waals surface area contributed by atoms with Crippen LogP contribution in [0.15, 0.2) is 11.1 Å². The van der Waals surface area contributed by atoms with Crippen LogP contribution >= 0.6 is 0 Å². The molecule has 0 fully saturated rings. The fourth-order valence-electron chi connectivity index (χ4n) is 1.42. The fourth-order valence-corrected chi connectivity index (χ4v) is 2.70. The van der Waals surface area contributed by atoms with Crippen molar-refractivity contribution < 1.29 is 8.42 Å². The largest absolute Gasteiger partial charge is 0.309 e. The van der Waals surface area contributed by atoms with Gasteiger partial charge in [0.2, 0.25) is 10.0 Å². The average molecular weight is 260 g/mol. The zero-order valence-corrected chi connectivity index (χ0v) is 11.6. The van der Waals surface area contributed by atoms with Gasteiger partial charge in [0.05, 0.1) is 11.9 Å². The second-order valence-corrected chi connectivity index (χ2v) is 6.01. The van der Waals surface area contributed by atoms with Crippen molar-refractivity contribution in [3.63, 3.8) is 0 Å². The van der Waals surface area contributed by atoms with Crippen LogP contribution in [-0.2, 0) is 17.1 Å². The maximum atomic E-state index is 11.9. The molecule has 0 saturated heterocycles. The van der Waals surface area contributed by atoms with Crippen LogP contribution in [0.3, 0.4) is 0 Å². The molecular weight excluding hydrogens is 240 g/mol. The summed E-state index contributed by atoms with van der Waals surface area (Å²) >= 11 is 0. The molecule has 1 aromatic rings. The third kappa shape index (κ3) is 3.79. The topological polar surface area (TPSA) is 67.2 Å². The first kappa shape index (κ1) is 14.1. The highest BCUT2D eigenvalue weighted by Gasteiger charge is 2.18. The van der Waals surface area contributed by atoms with E-state index in [0.717, 1.165) is 13.0 Å². The van der Waals surface area contributed by atoms with Gasteiger partial charge in [-0.3, -0.25) is 4.68 Å². The second kappa shape index (κ2) is 5.61. The molecule has 1 rings (SSSR count). The van der Waals surface area contributed by atoms with Gasteiger partial charge < -0.3 is 4.90 Å². The molecule has 0 unspecified atom stereocenters. The number of rotatable bonds is 6. The summed E-state index contributed by atoms with van der Waals surface area (Å²) in [5.41, 5.74) is 0.644. The van der Waals surface area contributed by atoms with Gasteiger partial charge in [-0.05, 0) is 34.0 Å². The van der Waals surface area contributed by atoms with Crippen molar-refractivity contribution in [3.8, 4) is 0 Å². The molecule has 0 atom stereocenters. The smallest absolute Gasteiger partial charge is 0.243 e. The highest BCUT2D eigenvalue weighted by Crippen LogP contribution is 2.12. The SMILES string of the molecule is Cc1c(S(=O)(=O)NCCCN(C)C)cnn1C. The average Bonchev–Trinajstić information content (AvgIpc) is 2.55. The van der Waals surface area contributed by atoms with Crippen molar-refractivity contribution in [2.75, 3.05) is 27.2 Å². The highest BCUT2D eigenvalue weighted by molar-refractivity contribution is 7.89. The lowest BCUT2D eigenvalue weighted by Crippen LogP contribution is -2.27. The third-order valence-electron chi connectivity index (χ3n) is 2.55. The first-order valence-corrected chi connectivity index (χ1v) is 6.96. The summed E-state index contributed by atoms with van der Waals surface area (Å²) in [4.78, 5) is 2.27. The van der Waals surface area contributed by atoms with E-state index in [0.29, 0.717) is 12.2 Å². The van der Waals surface area contributed by atoms with Crippen LogP contribution in [0.5, 0.6) is 0 Å². The molecular formula is C10H20N4O2S. The van der Waals surface area contributed by atoms with Crippen molar-refractivity contribution >= 4 is 10.0 Å². The molecule has 98 valence electrons. The number of hydrogen-bond acceptors (Lipinski definition) is 4. The van der Waals surface area contributed by atoms with Crippen molar-refractivity contribution in [2.45, 2.75) is 18.2 Å². The molecule has 0 saturated carbocycles. The molecule has 0 amide bonds. The molecule has 1 aromatic heterocycles. The Bertz CT molecular complexity index is 465. The van der Waals surface area contributed by atoms with E-state index in [9.17, 15) is 8.42 Å². The zero-order chi connectivity index (χ0) is 13.1. The quantitative estimate of drug-likeness (QED) is 0.729. The molecule has 1 N–H and O–H groups in total. The van der Waals surface area contributed by atoms with E-state index in [1.54, 1.807) is 18.7 Å². The zero-order valence-electron chi connectivity index (χ0n) is 10.8. The lowest BCUT2D eigenvalue weighted by Gasteiger charge is -2.10. The molecule has 0 aliphatic rings. The van der Waals surface area contributed by atoms with Crippen LogP contribution in [0.4, 0.5) is 0 Å². The number of nitrogens with zero attached hydrogens (tertiary/aromatic N) is 3. The Labute approximate surface area is 103 Å². The maximum absolute atomic E-state index is 11.9. The summed E-state index contributed by atoms with van der Waals surface area (Å²) in [6.07, 6.45) is 2.16. The van der Waals surface area contributed by atoms with Crippen molar-refractivity contribution in [1.82, 2.24) is 19.4 Å². The minimum atomic E-state index is -3.42.